The SMILES string of the molecule is C.C.CC.CC.CC.CC.CC.CC.CC. The molecular weight excluding hydrogens is 192 g/mol. The third-order valence-electron chi connectivity index (χ3n) is 0. The highest BCUT2D eigenvalue weighted by Crippen LogP contribution is 1.16. The molecule has 0 aromatic heterocycles. The first kappa shape index (κ1) is 73.5. The molecule has 0 radical (unpaired) electrons. The van der Waals surface area contributed by atoms with Crippen molar-refractivity contribution in [2.45, 2.75) is 112 Å². The fourth-order valence-corrected chi connectivity index (χ4v) is 0. The molecule has 0 rings (SSSR count). The molecule has 16 heavy (non-hydrogen) atoms. The maximum atomic E-state index is 2.00. The molecule has 0 fully saturated rings. The fourth-order valence-electron chi connectivity index (χ4n) is 0. The summed E-state index contributed by atoms with van der Waals surface area (Å²) in [4.78, 5) is 0. The molecule has 0 unspecified atom stereocenters. The van der Waals surface area contributed by atoms with E-state index in [0.29, 0.717) is 0 Å². The molecule has 0 amide bonds. The molecule has 0 aliphatic heterocycles. The lowest BCUT2D eigenvalue weighted by atomic mass is 11.0. The summed E-state index contributed by atoms with van der Waals surface area (Å²) in [6.07, 6.45) is 0. The van der Waals surface area contributed by atoms with E-state index in [2.05, 4.69) is 0 Å². The lowest BCUT2D eigenvalue weighted by molar-refractivity contribution is 1.50. The summed E-state index contributed by atoms with van der Waals surface area (Å²) in [7, 11) is 0. The van der Waals surface area contributed by atoms with Gasteiger partial charge in [-0.2, -0.15) is 0 Å². The Kier molecular flexibility index (Phi) is 0. The first-order valence-electron chi connectivity index (χ1n) is 7.00. The van der Waals surface area contributed by atoms with Gasteiger partial charge in [-0.1, -0.05) is 112 Å². The third-order valence-corrected chi connectivity index (χ3v) is 0. The molecule has 0 aromatic rings. The number of hydrogen-bond donors (Lipinski definition) is 0. The number of rotatable bonds is 0. The zero-order valence-electron chi connectivity index (χ0n) is 14.0. The van der Waals surface area contributed by atoms with Gasteiger partial charge < -0.3 is 0 Å². The van der Waals surface area contributed by atoms with Crippen LogP contribution in [0.2, 0.25) is 0 Å². The minimum atomic E-state index is 0. The lowest BCUT2D eigenvalue weighted by Crippen LogP contribution is -0.856. The standard InChI is InChI=1S/7C2H6.2CH4/c7*1-2;;/h7*1-2H3;2*1H4. The average Bonchev–Trinajstić information content (AvgIpc) is 2.45. The van der Waals surface area contributed by atoms with Gasteiger partial charge in [0, 0.05) is 0 Å². The molecule has 0 saturated carbocycles. The van der Waals surface area contributed by atoms with E-state index >= 15 is 0 Å². The molecule has 0 aromatic carbocycles. The van der Waals surface area contributed by atoms with Crippen LogP contribution in [0.3, 0.4) is 0 Å². The van der Waals surface area contributed by atoms with Gasteiger partial charge in [0.1, 0.15) is 0 Å². The van der Waals surface area contributed by atoms with E-state index in [9.17, 15) is 0 Å². The van der Waals surface area contributed by atoms with Crippen molar-refractivity contribution in [3.8, 4) is 0 Å². The Morgan fingerprint density at radius 3 is 0.188 bits per heavy atom. The van der Waals surface area contributed by atoms with Gasteiger partial charge in [0.2, 0.25) is 0 Å². The molecule has 0 heterocycles. The highest BCUT2D eigenvalue weighted by atomic mass is 13.0. The van der Waals surface area contributed by atoms with Crippen LogP contribution in [0.25, 0.3) is 0 Å². The van der Waals surface area contributed by atoms with Crippen LogP contribution in [0.4, 0.5) is 0 Å². The molecule has 0 atom stereocenters. The molecule has 0 aliphatic carbocycles. The summed E-state index contributed by atoms with van der Waals surface area (Å²) in [5, 5.41) is 0. The van der Waals surface area contributed by atoms with Crippen molar-refractivity contribution in [1.82, 2.24) is 0 Å². The van der Waals surface area contributed by atoms with Crippen molar-refractivity contribution in [2.75, 3.05) is 0 Å². The van der Waals surface area contributed by atoms with E-state index in [1.54, 1.807) is 0 Å². The summed E-state index contributed by atoms with van der Waals surface area (Å²) in [5.74, 6) is 0. The van der Waals surface area contributed by atoms with Gasteiger partial charge in [-0.15, -0.1) is 0 Å². The second-order valence-corrected chi connectivity index (χ2v) is 0. The molecule has 114 valence electrons. The van der Waals surface area contributed by atoms with Crippen molar-refractivity contribution in [1.29, 1.82) is 0 Å². The zero-order valence-corrected chi connectivity index (χ0v) is 14.0. The van der Waals surface area contributed by atoms with Crippen LogP contribution >= 0.6 is 0 Å². The van der Waals surface area contributed by atoms with E-state index in [0.717, 1.165) is 0 Å². The molecule has 0 heteroatoms. The summed E-state index contributed by atoms with van der Waals surface area (Å²) >= 11 is 0. The predicted octanol–water partition coefficient (Wildman–Crippen LogP) is 8.46. The van der Waals surface area contributed by atoms with Crippen LogP contribution in [-0.2, 0) is 0 Å². The van der Waals surface area contributed by atoms with E-state index in [1.807, 2.05) is 96.9 Å². The predicted molar refractivity (Wildman–Crippen MR) is 92.9 cm³/mol. The zero-order chi connectivity index (χ0) is 14.0. The maximum Gasteiger partial charge on any atom is -0.0683 e. The van der Waals surface area contributed by atoms with Crippen molar-refractivity contribution in [2.24, 2.45) is 0 Å². The molecule has 0 spiro atoms. The van der Waals surface area contributed by atoms with Gasteiger partial charge in [-0.05, 0) is 0 Å². The largest absolute Gasteiger partial charge is 0.0776 e. The topological polar surface area (TPSA) is 0 Å². The number of hydrogen-bond acceptors (Lipinski definition) is 0. The highest BCUT2D eigenvalue weighted by molar-refractivity contribution is 3.52. The van der Waals surface area contributed by atoms with Crippen molar-refractivity contribution in [3.63, 3.8) is 0 Å². The molecule has 0 N–H and O–H groups in total. The first-order chi connectivity index (χ1) is 7.00. The second-order valence-electron chi connectivity index (χ2n) is 0. The minimum absolute atomic E-state index is 0. The van der Waals surface area contributed by atoms with Crippen LogP contribution in [0, 0.1) is 0 Å². The van der Waals surface area contributed by atoms with Crippen molar-refractivity contribution >= 4 is 0 Å². The monoisotopic (exact) mass is 242 g/mol. The van der Waals surface area contributed by atoms with Crippen LogP contribution < -0.4 is 0 Å². The molecule has 0 aliphatic rings. The normalized spacial score (nSPS) is 2.62. The Morgan fingerprint density at radius 2 is 0.188 bits per heavy atom. The van der Waals surface area contributed by atoms with Crippen LogP contribution in [0.15, 0.2) is 0 Å². The van der Waals surface area contributed by atoms with E-state index in [1.165, 1.54) is 0 Å². The quantitative estimate of drug-likeness (QED) is 0.399. The minimum Gasteiger partial charge on any atom is -0.0776 e. The lowest BCUT2D eigenvalue weighted by Gasteiger charge is -1.07. The Bertz CT molecular complexity index is 0. The van der Waals surface area contributed by atoms with E-state index < -0.39 is 0 Å². The van der Waals surface area contributed by atoms with Gasteiger partial charge in [0.15, 0.2) is 0 Å². The Morgan fingerprint density at radius 1 is 0.188 bits per heavy atom. The van der Waals surface area contributed by atoms with Crippen molar-refractivity contribution in [3.05, 3.63) is 0 Å². The van der Waals surface area contributed by atoms with Gasteiger partial charge in [-0.3, -0.25) is 0 Å². The highest BCUT2D eigenvalue weighted by Gasteiger charge is 0.944. The Balaban J connectivity index is -0.00000000500. The third kappa shape index (κ3) is 0. The first-order valence-corrected chi connectivity index (χ1v) is 7.00. The summed E-state index contributed by atoms with van der Waals surface area (Å²) in [6, 6.07) is 0. The maximum absolute atomic E-state index is 2.00. The Hall–Kier alpha value is 0. The van der Waals surface area contributed by atoms with Gasteiger partial charge >= 0.3 is 0 Å². The summed E-state index contributed by atoms with van der Waals surface area (Å²) < 4.78 is 0. The molecular formula is C16H50. The van der Waals surface area contributed by atoms with Crippen LogP contribution in [-0.4, -0.2) is 0 Å². The second kappa shape index (κ2) is 0. The van der Waals surface area contributed by atoms with Gasteiger partial charge in [-0.25, -0.2) is 0 Å². The van der Waals surface area contributed by atoms with E-state index in [-0.39, 0.29) is 14.9 Å². The summed E-state index contributed by atoms with van der Waals surface area (Å²) in [5.41, 5.74) is 0. The average molecular weight is 243 g/mol. The molecule has 0 saturated heterocycles. The molecule has 0 nitrogen and oxygen atoms in total. The summed E-state index contributed by atoms with van der Waals surface area (Å²) in [6.45, 7) is 28.0. The van der Waals surface area contributed by atoms with Gasteiger partial charge in [0.25, 0.3) is 0 Å². The van der Waals surface area contributed by atoms with Crippen molar-refractivity contribution < 1.29 is 0 Å². The van der Waals surface area contributed by atoms with Crippen LogP contribution in [0.1, 0.15) is 112 Å². The fraction of sp³-hybridized carbons (Fsp3) is 1.00. The van der Waals surface area contributed by atoms with Gasteiger partial charge in [0.05, 0.1) is 0 Å². The van der Waals surface area contributed by atoms with E-state index in [4.69, 9.17) is 0 Å². The van der Waals surface area contributed by atoms with Crippen LogP contribution in [0.5, 0.6) is 0 Å². The smallest absolute Gasteiger partial charge is 0.0683 e. The molecule has 0 bridgehead atoms. The Labute approximate surface area is 112 Å².